The Morgan fingerprint density at radius 2 is 1.85 bits per heavy atom. The molecule has 34 heavy (non-hydrogen) atoms. The van der Waals surface area contributed by atoms with Gasteiger partial charge in [-0.05, 0) is 73.7 Å². The Morgan fingerprint density at radius 3 is 2.59 bits per heavy atom. The molecule has 2 fully saturated rings. The summed E-state index contributed by atoms with van der Waals surface area (Å²) in [5.74, 6) is 1.44. The number of halogens is 1. The molecule has 0 radical (unpaired) electrons. The Hall–Kier alpha value is -2.25. The molecular formula is C27H30BrNO4S. The average molecular weight is 545 g/mol. The van der Waals surface area contributed by atoms with Crippen LogP contribution in [0, 0.1) is 12.8 Å². The van der Waals surface area contributed by atoms with E-state index in [9.17, 15) is 9.59 Å². The molecule has 2 amide bonds. The van der Waals surface area contributed by atoms with Crippen LogP contribution in [0.1, 0.15) is 55.7 Å². The van der Waals surface area contributed by atoms with Crippen molar-refractivity contribution in [3.63, 3.8) is 0 Å². The van der Waals surface area contributed by atoms with Crippen molar-refractivity contribution >= 4 is 44.9 Å². The Labute approximate surface area is 214 Å². The number of thioether (sulfide) groups is 1. The Morgan fingerprint density at radius 1 is 1.09 bits per heavy atom. The number of ether oxygens (including phenoxy) is 2. The van der Waals surface area contributed by atoms with Gasteiger partial charge < -0.3 is 9.47 Å². The van der Waals surface area contributed by atoms with E-state index in [4.69, 9.17) is 9.47 Å². The van der Waals surface area contributed by atoms with E-state index in [-0.39, 0.29) is 11.1 Å². The molecule has 7 heteroatoms. The van der Waals surface area contributed by atoms with E-state index >= 15 is 0 Å². The van der Waals surface area contributed by atoms with Gasteiger partial charge in [0.25, 0.3) is 11.1 Å². The molecule has 0 aromatic heterocycles. The SMILES string of the molecule is CCOc1cc(/C=C2/SC(=O)N(CC3CCCCC3)C2=O)c(Br)cc1OCc1cccc(C)c1. The van der Waals surface area contributed by atoms with Crippen LogP contribution >= 0.6 is 27.7 Å². The first-order chi connectivity index (χ1) is 16.4. The fourth-order valence-electron chi connectivity index (χ4n) is 4.43. The predicted octanol–water partition coefficient (Wildman–Crippen LogP) is 7.35. The van der Waals surface area contributed by atoms with Crippen LogP contribution in [0.15, 0.2) is 45.8 Å². The standard InChI is InChI=1S/C27H30BrNO4S/c1-3-32-23-13-21(22(28)15-24(23)33-17-20-11-7-8-18(2)12-20)14-25-26(30)29(27(31)34-25)16-19-9-5-4-6-10-19/h7-8,11-15,19H,3-6,9-10,16-17H2,1-2H3/b25-14+. The highest BCUT2D eigenvalue weighted by molar-refractivity contribution is 9.10. The summed E-state index contributed by atoms with van der Waals surface area (Å²) < 4.78 is 12.7. The maximum absolute atomic E-state index is 13.0. The van der Waals surface area contributed by atoms with Crippen LogP contribution in [0.5, 0.6) is 11.5 Å². The average Bonchev–Trinajstić information content (AvgIpc) is 3.08. The summed E-state index contributed by atoms with van der Waals surface area (Å²) >= 11 is 4.62. The van der Waals surface area contributed by atoms with Gasteiger partial charge in [-0.3, -0.25) is 14.5 Å². The zero-order valence-electron chi connectivity index (χ0n) is 19.6. The maximum atomic E-state index is 13.0. The van der Waals surface area contributed by atoms with Crippen LogP contribution in [-0.2, 0) is 11.4 Å². The highest BCUT2D eigenvalue weighted by Crippen LogP contribution is 2.39. The molecule has 1 aliphatic heterocycles. The van der Waals surface area contributed by atoms with E-state index in [0.29, 0.717) is 42.1 Å². The second-order valence-electron chi connectivity index (χ2n) is 8.83. The number of amides is 2. The molecule has 1 saturated carbocycles. The molecule has 180 valence electrons. The summed E-state index contributed by atoms with van der Waals surface area (Å²) in [4.78, 5) is 27.5. The van der Waals surface area contributed by atoms with Gasteiger partial charge >= 0.3 is 0 Å². The van der Waals surface area contributed by atoms with Gasteiger partial charge in [0.2, 0.25) is 0 Å². The molecule has 2 aliphatic rings. The normalized spacial score (nSPS) is 18.1. The first kappa shape index (κ1) is 24.9. The first-order valence-corrected chi connectivity index (χ1v) is 13.5. The van der Waals surface area contributed by atoms with Crippen molar-refractivity contribution in [2.45, 2.75) is 52.6 Å². The monoisotopic (exact) mass is 543 g/mol. The van der Waals surface area contributed by atoms with Crippen LogP contribution in [-0.4, -0.2) is 29.2 Å². The van der Waals surface area contributed by atoms with Gasteiger partial charge in [0.05, 0.1) is 11.5 Å². The lowest BCUT2D eigenvalue weighted by atomic mass is 9.89. The summed E-state index contributed by atoms with van der Waals surface area (Å²) in [5, 5.41) is -0.180. The van der Waals surface area contributed by atoms with Crippen molar-refractivity contribution in [2.24, 2.45) is 5.92 Å². The summed E-state index contributed by atoms with van der Waals surface area (Å²) in [6.07, 6.45) is 7.56. The molecule has 0 bridgehead atoms. The number of rotatable bonds is 8. The van der Waals surface area contributed by atoms with Crippen LogP contribution in [0.4, 0.5) is 4.79 Å². The van der Waals surface area contributed by atoms with Crippen LogP contribution in [0.25, 0.3) is 6.08 Å². The first-order valence-electron chi connectivity index (χ1n) is 11.8. The summed E-state index contributed by atoms with van der Waals surface area (Å²) in [6, 6.07) is 11.9. The van der Waals surface area contributed by atoms with Crippen LogP contribution in [0.2, 0.25) is 0 Å². The van der Waals surface area contributed by atoms with E-state index in [2.05, 4.69) is 35.0 Å². The van der Waals surface area contributed by atoms with Crippen molar-refractivity contribution in [1.82, 2.24) is 4.90 Å². The molecule has 0 atom stereocenters. The number of aryl methyl sites for hydroxylation is 1. The second-order valence-corrected chi connectivity index (χ2v) is 10.7. The van der Waals surface area contributed by atoms with Crippen LogP contribution in [0.3, 0.4) is 0 Å². The van der Waals surface area contributed by atoms with E-state index in [1.54, 1.807) is 6.08 Å². The fraction of sp³-hybridized carbons (Fsp3) is 0.407. The minimum Gasteiger partial charge on any atom is -0.490 e. The van der Waals surface area contributed by atoms with Gasteiger partial charge in [-0.1, -0.05) is 65.0 Å². The molecule has 0 spiro atoms. The Kier molecular flexibility index (Phi) is 8.37. The second kappa shape index (κ2) is 11.5. The molecule has 2 aromatic carbocycles. The minimum absolute atomic E-state index is 0.180. The van der Waals surface area contributed by atoms with Gasteiger partial charge in [0, 0.05) is 11.0 Å². The van der Waals surface area contributed by atoms with Gasteiger partial charge in [-0.15, -0.1) is 0 Å². The van der Waals surface area contributed by atoms with Crippen LogP contribution < -0.4 is 9.47 Å². The number of imide groups is 1. The summed E-state index contributed by atoms with van der Waals surface area (Å²) in [7, 11) is 0. The number of hydrogen-bond acceptors (Lipinski definition) is 5. The molecule has 2 aromatic rings. The smallest absolute Gasteiger partial charge is 0.293 e. The zero-order valence-corrected chi connectivity index (χ0v) is 22.0. The molecule has 1 heterocycles. The lowest BCUT2D eigenvalue weighted by Gasteiger charge is -2.25. The number of carbonyl (C=O) groups is 2. The Bertz CT molecular complexity index is 1090. The fourth-order valence-corrected chi connectivity index (χ4v) is 5.71. The number of benzene rings is 2. The lowest BCUT2D eigenvalue weighted by Crippen LogP contribution is -2.34. The number of carbonyl (C=O) groups excluding carboxylic acids is 2. The molecule has 1 saturated heterocycles. The third-order valence-electron chi connectivity index (χ3n) is 6.17. The Balaban J connectivity index is 1.52. The number of nitrogens with zero attached hydrogens (tertiary/aromatic N) is 1. The van der Waals surface area contributed by atoms with E-state index < -0.39 is 0 Å². The van der Waals surface area contributed by atoms with Gasteiger partial charge in [-0.2, -0.15) is 0 Å². The third-order valence-corrected chi connectivity index (χ3v) is 7.76. The summed E-state index contributed by atoms with van der Waals surface area (Å²) in [5.41, 5.74) is 3.03. The van der Waals surface area contributed by atoms with E-state index in [1.165, 1.54) is 29.7 Å². The highest BCUT2D eigenvalue weighted by Gasteiger charge is 2.36. The topological polar surface area (TPSA) is 55.8 Å². The largest absolute Gasteiger partial charge is 0.490 e. The van der Waals surface area contributed by atoms with Gasteiger partial charge in [0.15, 0.2) is 11.5 Å². The molecule has 0 N–H and O–H groups in total. The maximum Gasteiger partial charge on any atom is 0.293 e. The van der Waals surface area contributed by atoms with E-state index in [0.717, 1.165) is 40.2 Å². The van der Waals surface area contributed by atoms with Crippen molar-refractivity contribution in [3.05, 3.63) is 62.5 Å². The van der Waals surface area contributed by atoms with Crippen molar-refractivity contribution in [3.8, 4) is 11.5 Å². The molecule has 5 nitrogen and oxygen atoms in total. The van der Waals surface area contributed by atoms with Gasteiger partial charge in [0.1, 0.15) is 6.61 Å². The molecule has 1 aliphatic carbocycles. The van der Waals surface area contributed by atoms with Crippen molar-refractivity contribution in [1.29, 1.82) is 0 Å². The van der Waals surface area contributed by atoms with Crippen molar-refractivity contribution < 1.29 is 19.1 Å². The molecular weight excluding hydrogens is 514 g/mol. The van der Waals surface area contributed by atoms with Crippen molar-refractivity contribution in [2.75, 3.05) is 13.2 Å². The number of hydrogen-bond donors (Lipinski definition) is 0. The summed E-state index contributed by atoms with van der Waals surface area (Å²) in [6.45, 7) is 5.41. The molecule has 0 unspecified atom stereocenters. The predicted molar refractivity (Wildman–Crippen MR) is 140 cm³/mol. The third kappa shape index (κ3) is 6.05. The zero-order chi connectivity index (χ0) is 24.1. The molecule has 4 rings (SSSR count). The quantitative estimate of drug-likeness (QED) is 0.325. The van der Waals surface area contributed by atoms with Gasteiger partial charge in [-0.25, -0.2) is 0 Å². The lowest BCUT2D eigenvalue weighted by molar-refractivity contribution is -0.123. The minimum atomic E-state index is -0.204. The highest BCUT2D eigenvalue weighted by atomic mass is 79.9. The van der Waals surface area contributed by atoms with E-state index in [1.807, 2.05) is 31.2 Å².